The minimum atomic E-state index is -1.79. The van der Waals surface area contributed by atoms with Crippen LogP contribution in [0.4, 0.5) is 11.5 Å². The highest BCUT2D eigenvalue weighted by Gasteiger charge is 2.32. The zero-order chi connectivity index (χ0) is 20.5. The lowest BCUT2D eigenvalue weighted by Gasteiger charge is -2.14. The first-order valence-electron chi connectivity index (χ1n) is 7.07. The molecule has 0 spiro atoms. The Hall–Kier alpha value is -4.09. The average molecular weight is 379 g/mol. The summed E-state index contributed by atoms with van der Waals surface area (Å²) < 4.78 is 10.0. The van der Waals surface area contributed by atoms with Crippen molar-refractivity contribution >= 4 is 23.4 Å². The van der Waals surface area contributed by atoms with E-state index >= 15 is 0 Å². The highest BCUT2D eigenvalue weighted by molar-refractivity contribution is 6.08. The number of methoxy groups -OCH3 is 2. The molecule has 5 N–H and O–H groups in total. The molecule has 2 aromatic rings. The monoisotopic (exact) mass is 379 g/mol. The highest BCUT2D eigenvalue weighted by Crippen LogP contribution is 2.42. The molecular weight excluding hydrogens is 366 g/mol. The number of ether oxygens (including phenoxy) is 2. The van der Waals surface area contributed by atoms with Crippen LogP contribution in [0.15, 0.2) is 16.9 Å². The van der Waals surface area contributed by atoms with Gasteiger partial charge >= 0.3 is 11.9 Å². The summed E-state index contributed by atoms with van der Waals surface area (Å²) in [5, 5.41) is 30.3. The van der Waals surface area contributed by atoms with Crippen molar-refractivity contribution in [3.05, 3.63) is 43.7 Å². The third kappa shape index (κ3) is 3.22. The molecular formula is C15H13N3O9. The third-order valence-corrected chi connectivity index (χ3v) is 3.64. The van der Waals surface area contributed by atoms with E-state index in [9.17, 15) is 34.7 Å². The van der Waals surface area contributed by atoms with Gasteiger partial charge in [-0.3, -0.25) is 14.9 Å². The predicted molar refractivity (Wildman–Crippen MR) is 90.6 cm³/mol. The van der Waals surface area contributed by atoms with Gasteiger partial charge in [0.1, 0.15) is 16.9 Å². The minimum Gasteiger partial charge on any atom is -0.493 e. The number of benzene rings is 1. The maximum absolute atomic E-state index is 12.1. The van der Waals surface area contributed by atoms with Crippen molar-refractivity contribution < 1.29 is 34.2 Å². The van der Waals surface area contributed by atoms with Crippen LogP contribution in [0.25, 0.3) is 11.1 Å². The Kier molecular flexibility index (Phi) is 5.01. The number of anilines is 1. The van der Waals surface area contributed by atoms with Crippen molar-refractivity contribution in [2.24, 2.45) is 0 Å². The maximum atomic E-state index is 12.1. The maximum Gasteiger partial charge on any atom is 0.342 e. The van der Waals surface area contributed by atoms with Crippen LogP contribution in [0.2, 0.25) is 0 Å². The molecule has 1 aromatic carbocycles. The molecule has 0 aliphatic carbocycles. The topological polar surface area (TPSA) is 195 Å². The van der Waals surface area contributed by atoms with Gasteiger partial charge in [-0.25, -0.2) is 9.59 Å². The van der Waals surface area contributed by atoms with Crippen molar-refractivity contribution in [2.45, 2.75) is 0 Å². The van der Waals surface area contributed by atoms with Crippen LogP contribution in [-0.4, -0.2) is 46.3 Å². The van der Waals surface area contributed by atoms with E-state index < -0.39 is 56.2 Å². The smallest absolute Gasteiger partial charge is 0.342 e. The number of carbonyl (C=O) groups is 2. The van der Waals surface area contributed by atoms with Crippen molar-refractivity contribution in [1.29, 1.82) is 0 Å². The van der Waals surface area contributed by atoms with Gasteiger partial charge in [-0.1, -0.05) is 0 Å². The lowest BCUT2D eigenvalue weighted by atomic mass is 9.93. The van der Waals surface area contributed by atoms with Crippen LogP contribution < -0.4 is 20.8 Å². The number of aromatic amines is 1. The highest BCUT2D eigenvalue weighted by atomic mass is 16.6. The normalized spacial score (nSPS) is 10.3. The van der Waals surface area contributed by atoms with E-state index in [4.69, 9.17) is 15.2 Å². The number of rotatable bonds is 6. The number of pyridine rings is 1. The number of nitrogens with two attached hydrogens (primary N) is 1. The molecule has 27 heavy (non-hydrogen) atoms. The quantitative estimate of drug-likeness (QED) is 0.414. The third-order valence-electron chi connectivity index (χ3n) is 3.64. The van der Waals surface area contributed by atoms with Crippen LogP contribution >= 0.6 is 0 Å². The van der Waals surface area contributed by atoms with E-state index in [1.807, 2.05) is 4.98 Å². The summed E-state index contributed by atoms with van der Waals surface area (Å²) >= 11 is 0. The molecule has 0 unspecified atom stereocenters. The number of carboxylic acid groups (broad SMARTS) is 2. The molecule has 0 saturated carbocycles. The molecule has 0 saturated heterocycles. The molecule has 142 valence electrons. The lowest BCUT2D eigenvalue weighted by molar-refractivity contribution is -0.384. The number of hydrogen-bond acceptors (Lipinski definition) is 8. The Balaban J connectivity index is 3.14. The molecule has 1 aromatic heterocycles. The Bertz CT molecular complexity index is 1030. The molecule has 0 fully saturated rings. The Morgan fingerprint density at radius 3 is 2.07 bits per heavy atom. The Morgan fingerprint density at radius 1 is 1.11 bits per heavy atom. The number of H-pyrrole nitrogens is 1. The molecule has 2 rings (SSSR count). The van der Waals surface area contributed by atoms with Crippen LogP contribution in [0.1, 0.15) is 20.7 Å². The van der Waals surface area contributed by atoms with Crippen LogP contribution in [0.5, 0.6) is 11.5 Å². The number of aromatic nitrogens is 1. The number of nitrogens with one attached hydrogen (secondary N) is 1. The summed E-state index contributed by atoms with van der Waals surface area (Å²) in [6.45, 7) is 0. The SMILES string of the molecule is COc1cc(-c2c(C(=O)O)c(N)[nH]c(=O)c2C(=O)O)c([N+](=O)[O-])cc1OC. The van der Waals surface area contributed by atoms with Crippen molar-refractivity contribution in [1.82, 2.24) is 4.98 Å². The summed E-state index contributed by atoms with van der Waals surface area (Å²) in [7, 11) is 2.44. The van der Waals surface area contributed by atoms with E-state index in [0.717, 1.165) is 12.1 Å². The second kappa shape index (κ2) is 7.03. The van der Waals surface area contributed by atoms with Gasteiger partial charge in [0.15, 0.2) is 11.5 Å². The molecule has 0 amide bonds. The van der Waals surface area contributed by atoms with Gasteiger partial charge in [0.2, 0.25) is 0 Å². The summed E-state index contributed by atoms with van der Waals surface area (Å²) in [6, 6.07) is 1.92. The Labute approximate surface area is 149 Å². The summed E-state index contributed by atoms with van der Waals surface area (Å²) in [6.07, 6.45) is 0. The van der Waals surface area contributed by atoms with E-state index in [-0.39, 0.29) is 11.5 Å². The first kappa shape index (κ1) is 19.2. The van der Waals surface area contributed by atoms with Crippen LogP contribution in [0.3, 0.4) is 0 Å². The number of nitro groups is 1. The van der Waals surface area contributed by atoms with Crippen LogP contribution in [-0.2, 0) is 0 Å². The fourth-order valence-corrected chi connectivity index (χ4v) is 2.54. The molecule has 0 radical (unpaired) electrons. The van der Waals surface area contributed by atoms with Gasteiger partial charge in [0, 0.05) is 5.56 Å². The molecule has 0 bridgehead atoms. The summed E-state index contributed by atoms with van der Waals surface area (Å²) in [5.41, 5.74) is 0.583. The number of nitro benzene ring substituents is 1. The van der Waals surface area contributed by atoms with Gasteiger partial charge < -0.3 is 30.4 Å². The number of hydrogen-bond donors (Lipinski definition) is 4. The van der Waals surface area contributed by atoms with Crippen molar-refractivity contribution in [2.75, 3.05) is 20.0 Å². The average Bonchev–Trinajstić information content (AvgIpc) is 2.58. The molecule has 1 heterocycles. The van der Waals surface area contributed by atoms with Crippen molar-refractivity contribution in [3.63, 3.8) is 0 Å². The zero-order valence-corrected chi connectivity index (χ0v) is 13.9. The zero-order valence-electron chi connectivity index (χ0n) is 13.9. The summed E-state index contributed by atoms with van der Waals surface area (Å²) in [5.74, 6) is -4.25. The molecule has 0 aliphatic heterocycles. The van der Waals surface area contributed by atoms with Crippen LogP contribution in [0, 0.1) is 10.1 Å². The van der Waals surface area contributed by atoms with Crippen molar-refractivity contribution in [3.8, 4) is 22.6 Å². The lowest BCUT2D eigenvalue weighted by Crippen LogP contribution is -2.24. The minimum absolute atomic E-state index is 0.0513. The predicted octanol–water partition coefficient (Wildman–Crippen LogP) is 0.946. The second-order valence-corrected chi connectivity index (χ2v) is 5.08. The molecule has 0 atom stereocenters. The van der Waals surface area contributed by atoms with Gasteiger partial charge in [0.05, 0.1) is 30.8 Å². The second-order valence-electron chi connectivity index (χ2n) is 5.08. The van der Waals surface area contributed by atoms with E-state index in [1.165, 1.54) is 14.2 Å². The van der Waals surface area contributed by atoms with Gasteiger partial charge in [-0.15, -0.1) is 0 Å². The molecule has 12 heteroatoms. The van der Waals surface area contributed by atoms with E-state index in [2.05, 4.69) is 0 Å². The van der Waals surface area contributed by atoms with Gasteiger partial charge in [-0.2, -0.15) is 0 Å². The fraction of sp³-hybridized carbons (Fsp3) is 0.133. The first-order valence-corrected chi connectivity index (χ1v) is 7.07. The number of aromatic carboxylic acids is 2. The Morgan fingerprint density at radius 2 is 1.63 bits per heavy atom. The largest absolute Gasteiger partial charge is 0.493 e. The first-order chi connectivity index (χ1) is 12.6. The summed E-state index contributed by atoms with van der Waals surface area (Å²) in [4.78, 5) is 47.8. The van der Waals surface area contributed by atoms with Gasteiger partial charge in [0.25, 0.3) is 11.2 Å². The number of nitrogens with zero attached hydrogens (tertiary/aromatic N) is 1. The standard InChI is InChI=1S/C15H13N3O9/c1-26-7-3-5(6(18(24)25)4-8(7)27-2)9-10(14(20)21)12(16)17-13(19)11(9)15(22)23/h3-4H,1-2H3,(H,20,21)(H,22,23)(H3,16,17,19). The fourth-order valence-electron chi connectivity index (χ4n) is 2.54. The number of nitrogen functional groups attached to an aromatic ring is 1. The molecule has 12 nitrogen and oxygen atoms in total. The van der Waals surface area contributed by atoms with E-state index in [0.29, 0.717) is 0 Å². The van der Waals surface area contributed by atoms with Gasteiger partial charge in [-0.05, 0) is 6.07 Å². The number of carboxylic acids is 2. The molecule has 0 aliphatic rings. The van der Waals surface area contributed by atoms with E-state index in [1.54, 1.807) is 0 Å².